The first-order valence-electron chi connectivity index (χ1n) is 8.69. The van der Waals surface area contributed by atoms with Crippen molar-refractivity contribution in [2.45, 2.75) is 51.9 Å². The molecule has 0 atom stereocenters. The molecule has 1 aromatic heterocycles. The molecule has 0 aliphatic rings. The smallest absolute Gasteiger partial charge is 0.191 e. The normalized spacial score (nSPS) is 12.7. The molecule has 0 saturated heterocycles. The Morgan fingerprint density at radius 1 is 1.21 bits per heavy atom. The van der Waals surface area contributed by atoms with Gasteiger partial charge in [-0.1, -0.05) is 39.0 Å². The minimum Gasteiger partial charge on any atom is -0.417 e. The minimum atomic E-state index is -1.63. The number of rotatable bonds is 7. The van der Waals surface area contributed by atoms with Gasteiger partial charge in [-0.15, -0.1) is 0 Å². The van der Waals surface area contributed by atoms with E-state index in [-0.39, 0.29) is 5.04 Å². The molecular formula is C19H31N3OSi. The van der Waals surface area contributed by atoms with Crippen LogP contribution in [-0.2, 0) is 11.0 Å². The fourth-order valence-corrected chi connectivity index (χ4v) is 3.45. The van der Waals surface area contributed by atoms with Crippen LogP contribution in [0.15, 0.2) is 30.5 Å². The standard InChI is InChI=1S/C19H31N3OSi/c1-19(2,3)24(4,5)23-12-8-11-21-13-16-15-9-6-7-10-18(15)22-14-17(16)20/h6-7,9-10,14,21H,8,11-13,20H2,1-5H3. The van der Waals surface area contributed by atoms with Crippen molar-refractivity contribution in [3.05, 3.63) is 36.0 Å². The Kier molecular flexibility index (Phi) is 6.01. The van der Waals surface area contributed by atoms with Crippen LogP contribution in [0.5, 0.6) is 0 Å². The second-order valence-electron chi connectivity index (χ2n) is 7.85. The lowest BCUT2D eigenvalue weighted by Gasteiger charge is -2.36. The maximum absolute atomic E-state index is 6.20. The average molecular weight is 346 g/mol. The maximum atomic E-state index is 6.20. The van der Waals surface area contributed by atoms with Gasteiger partial charge in [0.2, 0.25) is 0 Å². The molecule has 0 radical (unpaired) electrons. The van der Waals surface area contributed by atoms with Crippen molar-refractivity contribution in [3.63, 3.8) is 0 Å². The number of pyridine rings is 1. The third-order valence-electron chi connectivity index (χ3n) is 4.99. The first-order chi connectivity index (χ1) is 11.2. The van der Waals surface area contributed by atoms with Gasteiger partial charge in [0, 0.05) is 18.5 Å². The number of nitrogen functional groups attached to an aromatic ring is 1. The zero-order chi connectivity index (χ0) is 17.8. The number of nitrogens with one attached hydrogen (secondary N) is 1. The van der Waals surface area contributed by atoms with Crippen LogP contribution in [0.3, 0.4) is 0 Å². The average Bonchev–Trinajstić information content (AvgIpc) is 2.51. The Labute approximate surface area is 146 Å². The van der Waals surface area contributed by atoms with Crippen LogP contribution in [0.1, 0.15) is 32.8 Å². The summed E-state index contributed by atoms with van der Waals surface area (Å²) in [6, 6.07) is 8.13. The third-order valence-corrected chi connectivity index (χ3v) is 9.53. The fourth-order valence-electron chi connectivity index (χ4n) is 2.37. The van der Waals surface area contributed by atoms with Crippen molar-refractivity contribution in [1.29, 1.82) is 0 Å². The lowest BCUT2D eigenvalue weighted by atomic mass is 10.1. The molecule has 4 nitrogen and oxygen atoms in total. The van der Waals surface area contributed by atoms with E-state index in [9.17, 15) is 0 Å². The number of para-hydroxylation sites is 1. The summed E-state index contributed by atoms with van der Waals surface area (Å²) in [5, 5.41) is 4.88. The van der Waals surface area contributed by atoms with Crippen molar-refractivity contribution in [2.24, 2.45) is 0 Å². The number of nitrogens with zero attached hydrogens (tertiary/aromatic N) is 1. The van der Waals surface area contributed by atoms with E-state index in [1.165, 1.54) is 0 Å². The monoisotopic (exact) mass is 345 g/mol. The predicted octanol–water partition coefficient (Wildman–Crippen LogP) is 4.32. The van der Waals surface area contributed by atoms with Crippen molar-refractivity contribution >= 4 is 24.9 Å². The summed E-state index contributed by atoms with van der Waals surface area (Å²) in [6.45, 7) is 13.9. The van der Waals surface area contributed by atoms with Crippen LogP contribution in [0.2, 0.25) is 18.1 Å². The molecule has 0 aliphatic heterocycles. The Balaban J connectivity index is 1.83. The largest absolute Gasteiger partial charge is 0.417 e. The maximum Gasteiger partial charge on any atom is 0.191 e. The zero-order valence-corrected chi connectivity index (χ0v) is 16.6. The first kappa shape index (κ1) is 18.9. The summed E-state index contributed by atoms with van der Waals surface area (Å²) in [5.41, 5.74) is 8.98. The number of hydrogen-bond donors (Lipinski definition) is 2. The van der Waals surface area contributed by atoms with E-state index in [4.69, 9.17) is 10.2 Å². The minimum absolute atomic E-state index is 0.269. The van der Waals surface area contributed by atoms with Crippen LogP contribution in [-0.4, -0.2) is 26.5 Å². The fraction of sp³-hybridized carbons (Fsp3) is 0.526. The molecule has 132 valence electrons. The van der Waals surface area contributed by atoms with Crippen molar-refractivity contribution in [3.8, 4) is 0 Å². The van der Waals surface area contributed by atoms with Gasteiger partial charge in [-0.25, -0.2) is 0 Å². The Bertz CT molecular complexity index is 680. The number of fused-ring (bicyclic) bond motifs is 1. The van der Waals surface area contributed by atoms with Crippen molar-refractivity contribution in [2.75, 3.05) is 18.9 Å². The predicted molar refractivity (Wildman–Crippen MR) is 106 cm³/mol. The van der Waals surface area contributed by atoms with Gasteiger partial charge in [0.05, 0.1) is 17.4 Å². The van der Waals surface area contributed by atoms with Gasteiger partial charge in [-0.2, -0.15) is 0 Å². The van der Waals surface area contributed by atoms with E-state index < -0.39 is 8.32 Å². The van der Waals surface area contributed by atoms with Crippen molar-refractivity contribution in [1.82, 2.24) is 10.3 Å². The molecule has 24 heavy (non-hydrogen) atoms. The number of anilines is 1. The third kappa shape index (κ3) is 4.56. The number of benzene rings is 1. The topological polar surface area (TPSA) is 60.2 Å². The van der Waals surface area contributed by atoms with E-state index in [1.54, 1.807) is 6.20 Å². The van der Waals surface area contributed by atoms with E-state index in [1.807, 2.05) is 18.2 Å². The molecule has 0 fully saturated rings. The molecule has 0 aliphatic carbocycles. The molecule has 2 rings (SSSR count). The Morgan fingerprint density at radius 2 is 1.92 bits per heavy atom. The summed E-state index contributed by atoms with van der Waals surface area (Å²) >= 11 is 0. The Hall–Kier alpha value is -1.43. The van der Waals surface area contributed by atoms with Gasteiger partial charge in [-0.05, 0) is 42.7 Å². The number of aromatic nitrogens is 1. The summed E-state index contributed by atoms with van der Waals surface area (Å²) < 4.78 is 6.20. The molecule has 0 amide bonds. The van der Waals surface area contributed by atoms with Crippen LogP contribution < -0.4 is 11.1 Å². The van der Waals surface area contributed by atoms with Gasteiger partial charge >= 0.3 is 0 Å². The van der Waals surface area contributed by atoms with Gasteiger partial charge in [0.15, 0.2) is 8.32 Å². The van der Waals surface area contributed by atoms with Crippen LogP contribution in [0, 0.1) is 0 Å². The molecule has 0 unspecified atom stereocenters. The highest BCUT2D eigenvalue weighted by Gasteiger charge is 2.36. The molecule has 0 saturated carbocycles. The SMILES string of the molecule is CC(C)(C)[Si](C)(C)OCCCNCc1c(N)cnc2ccccc12. The summed E-state index contributed by atoms with van der Waals surface area (Å²) in [5.74, 6) is 0. The lowest BCUT2D eigenvalue weighted by Crippen LogP contribution is -2.41. The van der Waals surface area contributed by atoms with Crippen molar-refractivity contribution < 1.29 is 4.43 Å². The highest BCUT2D eigenvalue weighted by molar-refractivity contribution is 6.74. The van der Waals surface area contributed by atoms with Crippen LogP contribution >= 0.6 is 0 Å². The molecule has 2 aromatic rings. The highest BCUT2D eigenvalue weighted by atomic mass is 28.4. The van der Waals surface area contributed by atoms with E-state index in [0.29, 0.717) is 0 Å². The molecule has 0 bridgehead atoms. The van der Waals surface area contributed by atoms with Crippen LogP contribution in [0.25, 0.3) is 10.9 Å². The van der Waals surface area contributed by atoms with Gasteiger partial charge in [0.25, 0.3) is 0 Å². The molecule has 3 N–H and O–H groups in total. The summed E-state index contributed by atoms with van der Waals surface area (Å²) in [4.78, 5) is 4.38. The summed E-state index contributed by atoms with van der Waals surface area (Å²) in [6.07, 6.45) is 2.76. The molecule has 1 heterocycles. The molecule has 1 aromatic carbocycles. The van der Waals surface area contributed by atoms with Gasteiger partial charge in [0.1, 0.15) is 0 Å². The second-order valence-corrected chi connectivity index (χ2v) is 12.7. The molecular weight excluding hydrogens is 314 g/mol. The van der Waals surface area contributed by atoms with E-state index in [2.05, 4.69) is 50.2 Å². The lowest BCUT2D eigenvalue weighted by molar-refractivity contribution is 0.280. The van der Waals surface area contributed by atoms with Gasteiger partial charge < -0.3 is 15.5 Å². The van der Waals surface area contributed by atoms with Gasteiger partial charge in [-0.3, -0.25) is 4.98 Å². The van der Waals surface area contributed by atoms with Crippen LogP contribution in [0.4, 0.5) is 5.69 Å². The summed E-state index contributed by atoms with van der Waals surface area (Å²) in [7, 11) is -1.63. The van der Waals surface area contributed by atoms with E-state index in [0.717, 1.165) is 48.3 Å². The Morgan fingerprint density at radius 3 is 2.62 bits per heavy atom. The zero-order valence-electron chi connectivity index (χ0n) is 15.6. The highest BCUT2D eigenvalue weighted by Crippen LogP contribution is 2.36. The van der Waals surface area contributed by atoms with E-state index >= 15 is 0 Å². The second kappa shape index (κ2) is 7.63. The number of hydrogen-bond acceptors (Lipinski definition) is 4. The quantitative estimate of drug-likeness (QED) is 0.579. The molecule has 0 spiro atoms. The number of nitrogens with two attached hydrogens (primary N) is 1. The molecule has 5 heteroatoms. The first-order valence-corrected chi connectivity index (χ1v) is 11.6.